The van der Waals surface area contributed by atoms with Crippen LogP contribution in [0.1, 0.15) is 62.4 Å². The highest BCUT2D eigenvalue weighted by molar-refractivity contribution is 5.92. The molecule has 130 valence electrons. The zero-order chi connectivity index (χ0) is 16.7. The van der Waals surface area contributed by atoms with E-state index in [1.165, 1.54) is 30.0 Å². The highest BCUT2D eigenvalue weighted by Crippen LogP contribution is 2.47. The van der Waals surface area contributed by atoms with Crippen molar-refractivity contribution >= 4 is 5.91 Å². The van der Waals surface area contributed by atoms with Gasteiger partial charge in [0.05, 0.1) is 0 Å². The number of hydrogen-bond donors (Lipinski definition) is 0. The van der Waals surface area contributed by atoms with Crippen molar-refractivity contribution in [2.75, 3.05) is 6.54 Å². The fourth-order valence-corrected chi connectivity index (χ4v) is 5.21. The molecular formula is C19H27N3O2. The first kappa shape index (κ1) is 15.9. The molecule has 2 aliphatic carbocycles. The summed E-state index contributed by atoms with van der Waals surface area (Å²) in [6.45, 7) is 3.56. The summed E-state index contributed by atoms with van der Waals surface area (Å²) in [5.74, 6) is 2.32. The highest BCUT2D eigenvalue weighted by atomic mass is 16.2. The van der Waals surface area contributed by atoms with Crippen molar-refractivity contribution in [3.05, 3.63) is 28.2 Å². The van der Waals surface area contributed by atoms with E-state index >= 15 is 0 Å². The number of carbonyl (C=O) groups excluding carboxylic acids is 1. The number of fused-ring (bicyclic) bond motifs is 1. The van der Waals surface area contributed by atoms with E-state index in [4.69, 9.17) is 0 Å². The summed E-state index contributed by atoms with van der Waals surface area (Å²) in [4.78, 5) is 27.1. The van der Waals surface area contributed by atoms with Crippen LogP contribution in [0.5, 0.6) is 0 Å². The molecule has 1 aromatic rings. The molecule has 5 heteroatoms. The van der Waals surface area contributed by atoms with Crippen LogP contribution in [0.2, 0.25) is 0 Å². The van der Waals surface area contributed by atoms with E-state index in [9.17, 15) is 9.59 Å². The molecule has 2 saturated carbocycles. The quantitative estimate of drug-likeness (QED) is 0.853. The Morgan fingerprint density at radius 3 is 2.54 bits per heavy atom. The van der Waals surface area contributed by atoms with Crippen molar-refractivity contribution in [3.8, 4) is 0 Å². The van der Waals surface area contributed by atoms with Gasteiger partial charge in [-0.2, -0.15) is 5.10 Å². The van der Waals surface area contributed by atoms with E-state index in [1.54, 1.807) is 6.07 Å². The Hall–Kier alpha value is -1.65. The predicted octanol–water partition coefficient (Wildman–Crippen LogP) is 2.69. The first-order chi connectivity index (χ1) is 11.6. The number of amides is 1. The second kappa shape index (κ2) is 6.34. The lowest BCUT2D eigenvalue weighted by atomic mass is 9.68. The van der Waals surface area contributed by atoms with Crippen molar-refractivity contribution in [2.45, 2.75) is 64.5 Å². The summed E-state index contributed by atoms with van der Waals surface area (Å²) < 4.78 is 1.46. The smallest absolute Gasteiger partial charge is 0.274 e. The normalized spacial score (nSPS) is 31.3. The minimum atomic E-state index is -0.115. The van der Waals surface area contributed by atoms with Crippen LogP contribution in [-0.2, 0) is 6.54 Å². The van der Waals surface area contributed by atoms with Gasteiger partial charge in [-0.25, -0.2) is 4.68 Å². The second-order valence-electron chi connectivity index (χ2n) is 8.02. The molecular weight excluding hydrogens is 302 g/mol. The first-order valence-corrected chi connectivity index (χ1v) is 9.53. The molecule has 4 bridgehead atoms. The van der Waals surface area contributed by atoms with Crippen LogP contribution < -0.4 is 5.56 Å². The van der Waals surface area contributed by atoms with Crippen LogP contribution >= 0.6 is 0 Å². The van der Waals surface area contributed by atoms with Gasteiger partial charge in [-0.05, 0) is 62.3 Å². The molecule has 4 fully saturated rings. The summed E-state index contributed by atoms with van der Waals surface area (Å²) >= 11 is 0. The third kappa shape index (κ3) is 2.89. The molecule has 1 amide bonds. The third-order valence-electron chi connectivity index (χ3n) is 6.18. The minimum Gasteiger partial charge on any atom is -0.334 e. The van der Waals surface area contributed by atoms with Gasteiger partial charge in [0.25, 0.3) is 11.5 Å². The molecule has 2 unspecified atom stereocenters. The van der Waals surface area contributed by atoms with Gasteiger partial charge in [0, 0.05) is 25.2 Å². The van der Waals surface area contributed by atoms with Crippen LogP contribution in [0.3, 0.4) is 0 Å². The maximum atomic E-state index is 13.1. The Bertz CT molecular complexity index is 669. The fourth-order valence-electron chi connectivity index (χ4n) is 5.21. The van der Waals surface area contributed by atoms with Crippen LogP contribution in [-0.4, -0.2) is 33.2 Å². The van der Waals surface area contributed by atoms with Crippen molar-refractivity contribution in [1.29, 1.82) is 0 Å². The van der Waals surface area contributed by atoms with Crippen molar-refractivity contribution < 1.29 is 4.79 Å². The average molecular weight is 329 g/mol. The van der Waals surface area contributed by atoms with Crippen LogP contribution in [0.25, 0.3) is 0 Å². The van der Waals surface area contributed by atoms with Gasteiger partial charge in [-0.1, -0.05) is 13.3 Å². The summed E-state index contributed by atoms with van der Waals surface area (Å²) in [6, 6.07) is 3.49. The van der Waals surface area contributed by atoms with Crippen LogP contribution in [0.15, 0.2) is 16.9 Å². The SMILES string of the molecule is CCCCn1nc(C(=O)N2CC3C[C@@H]4CC2C[C@H](C3)C4)ccc1=O. The molecule has 4 aliphatic rings. The average Bonchev–Trinajstić information content (AvgIpc) is 2.77. The summed E-state index contributed by atoms with van der Waals surface area (Å²) in [6.07, 6.45) is 8.19. The molecule has 0 N–H and O–H groups in total. The molecule has 0 aromatic carbocycles. The number of unbranched alkanes of at least 4 members (excludes halogenated alkanes) is 1. The Kier molecular flexibility index (Phi) is 4.19. The summed E-state index contributed by atoms with van der Waals surface area (Å²) in [5.41, 5.74) is 0.322. The molecule has 24 heavy (non-hydrogen) atoms. The van der Waals surface area contributed by atoms with Gasteiger partial charge < -0.3 is 4.90 Å². The van der Waals surface area contributed by atoms with Crippen molar-refractivity contribution in [1.82, 2.24) is 14.7 Å². The molecule has 1 aromatic heterocycles. The standard InChI is InChI=1S/C19H27N3O2/c1-2-3-6-22-18(23)5-4-17(20-22)19(24)21-12-15-8-13-7-14(9-15)11-16(21)10-13/h4-5,13-16H,2-3,6-12H2,1H3/t13-,14+,15?,16?. The monoisotopic (exact) mass is 329 g/mol. The summed E-state index contributed by atoms with van der Waals surface area (Å²) in [7, 11) is 0. The Labute approximate surface area is 143 Å². The zero-order valence-electron chi connectivity index (χ0n) is 14.5. The molecule has 2 saturated heterocycles. The number of rotatable bonds is 4. The molecule has 2 aliphatic heterocycles. The molecule has 3 heterocycles. The van der Waals surface area contributed by atoms with Crippen LogP contribution in [0.4, 0.5) is 0 Å². The van der Waals surface area contributed by atoms with E-state index in [-0.39, 0.29) is 11.5 Å². The predicted molar refractivity (Wildman–Crippen MR) is 91.8 cm³/mol. The molecule has 4 atom stereocenters. The van der Waals surface area contributed by atoms with E-state index in [0.29, 0.717) is 24.2 Å². The number of nitrogens with zero attached hydrogens (tertiary/aromatic N) is 3. The van der Waals surface area contributed by atoms with Gasteiger partial charge in [-0.3, -0.25) is 9.59 Å². The largest absolute Gasteiger partial charge is 0.334 e. The van der Waals surface area contributed by atoms with Gasteiger partial charge in [0.1, 0.15) is 5.69 Å². The lowest BCUT2D eigenvalue weighted by Crippen LogP contribution is -2.43. The van der Waals surface area contributed by atoms with E-state index < -0.39 is 0 Å². The third-order valence-corrected chi connectivity index (χ3v) is 6.18. The lowest BCUT2D eigenvalue weighted by molar-refractivity contribution is 0.0624. The van der Waals surface area contributed by atoms with Gasteiger partial charge in [0.15, 0.2) is 0 Å². The Balaban J connectivity index is 1.58. The van der Waals surface area contributed by atoms with Gasteiger partial charge in [-0.15, -0.1) is 0 Å². The Morgan fingerprint density at radius 1 is 1.12 bits per heavy atom. The fraction of sp³-hybridized carbons (Fsp3) is 0.737. The molecule has 5 rings (SSSR count). The topological polar surface area (TPSA) is 55.2 Å². The van der Waals surface area contributed by atoms with Crippen LogP contribution in [0, 0.1) is 17.8 Å². The van der Waals surface area contributed by atoms with E-state index in [1.807, 2.05) is 0 Å². The maximum absolute atomic E-state index is 13.1. The number of carbonyl (C=O) groups is 1. The lowest BCUT2D eigenvalue weighted by Gasteiger charge is -2.38. The number of hydrogen-bond acceptors (Lipinski definition) is 3. The molecule has 0 radical (unpaired) electrons. The zero-order valence-corrected chi connectivity index (χ0v) is 14.5. The highest BCUT2D eigenvalue weighted by Gasteiger charge is 2.44. The van der Waals surface area contributed by atoms with E-state index in [0.717, 1.165) is 44.1 Å². The van der Waals surface area contributed by atoms with E-state index in [2.05, 4.69) is 16.9 Å². The number of aryl methyl sites for hydroxylation is 1. The number of aromatic nitrogens is 2. The molecule has 5 nitrogen and oxygen atoms in total. The minimum absolute atomic E-state index is 0.0263. The Morgan fingerprint density at radius 2 is 1.83 bits per heavy atom. The second-order valence-corrected chi connectivity index (χ2v) is 8.02. The summed E-state index contributed by atoms with van der Waals surface area (Å²) in [5, 5.41) is 4.37. The maximum Gasteiger partial charge on any atom is 0.274 e. The van der Waals surface area contributed by atoms with Gasteiger partial charge >= 0.3 is 0 Å². The van der Waals surface area contributed by atoms with Crippen molar-refractivity contribution in [3.63, 3.8) is 0 Å². The molecule has 0 spiro atoms. The first-order valence-electron chi connectivity index (χ1n) is 9.53. The van der Waals surface area contributed by atoms with Crippen molar-refractivity contribution in [2.24, 2.45) is 17.8 Å². The van der Waals surface area contributed by atoms with Gasteiger partial charge in [0.2, 0.25) is 0 Å².